The summed E-state index contributed by atoms with van der Waals surface area (Å²) in [6.45, 7) is 3.93. The first-order valence-electron chi connectivity index (χ1n) is 7.04. The molecule has 0 aromatic heterocycles. The van der Waals surface area contributed by atoms with Gasteiger partial charge in [0.1, 0.15) is 0 Å². The molecule has 2 atom stereocenters. The van der Waals surface area contributed by atoms with Crippen LogP contribution in [0.25, 0.3) is 0 Å². The Kier molecular flexibility index (Phi) is 14.7. The average molecular weight is 302 g/mol. The van der Waals surface area contributed by atoms with E-state index in [-0.39, 0.29) is 36.0 Å². The smallest absolute Gasteiger partial charge is 0.748 e. The molecule has 0 aromatic carbocycles. The van der Waals surface area contributed by atoms with Gasteiger partial charge in [0.15, 0.2) is 0 Å². The number of unbranched alkanes of at least 4 members (excludes halogenated alkanes) is 5. The number of hydrogen-bond acceptors (Lipinski definition) is 4. The number of rotatable bonds is 11. The molecule has 0 fully saturated rings. The van der Waals surface area contributed by atoms with Gasteiger partial charge in [-0.3, -0.25) is 0 Å². The van der Waals surface area contributed by atoms with E-state index in [9.17, 15) is 18.1 Å². The summed E-state index contributed by atoms with van der Waals surface area (Å²) in [5.41, 5.74) is 0. The van der Waals surface area contributed by atoms with Crippen LogP contribution in [-0.4, -0.2) is 29.4 Å². The second-order valence-corrected chi connectivity index (χ2v) is 6.62. The van der Waals surface area contributed by atoms with E-state index in [4.69, 9.17) is 0 Å². The maximum atomic E-state index is 11.1. The molecule has 0 aliphatic carbocycles. The monoisotopic (exact) mass is 302 g/mol. The van der Waals surface area contributed by atoms with Gasteiger partial charge in [-0.1, -0.05) is 52.4 Å². The van der Waals surface area contributed by atoms with Crippen molar-refractivity contribution in [3.05, 3.63) is 0 Å². The molecule has 110 valence electrons. The molecule has 19 heavy (non-hydrogen) atoms. The zero-order chi connectivity index (χ0) is 14.0. The van der Waals surface area contributed by atoms with Gasteiger partial charge in [0, 0.05) is 0 Å². The molecule has 6 heteroatoms. The van der Waals surface area contributed by atoms with Crippen molar-refractivity contribution in [1.29, 1.82) is 0 Å². The molecule has 0 radical (unpaired) electrons. The Bertz CT molecular complexity index is 293. The number of hydrogen-bond donors (Lipinski definition) is 1. The van der Waals surface area contributed by atoms with E-state index in [1.165, 1.54) is 19.3 Å². The third-order valence-electron chi connectivity index (χ3n) is 3.29. The van der Waals surface area contributed by atoms with E-state index in [1.807, 2.05) is 0 Å². The summed E-state index contributed by atoms with van der Waals surface area (Å²) in [5.74, 6) is 0. The van der Waals surface area contributed by atoms with E-state index >= 15 is 0 Å². The van der Waals surface area contributed by atoms with Crippen molar-refractivity contribution in [2.24, 2.45) is 0 Å². The number of aliphatic hydroxyl groups is 1. The Hall–Kier alpha value is 0.870. The Morgan fingerprint density at radius 3 is 2.05 bits per heavy atom. The van der Waals surface area contributed by atoms with Gasteiger partial charge >= 0.3 is 29.6 Å². The SMILES string of the molecule is CCCCCCCCC(CC(O)CC)S(=O)(=O)[O-].[Na+]. The molecule has 2 unspecified atom stereocenters. The van der Waals surface area contributed by atoms with Crippen molar-refractivity contribution in [3.8, 4) is 0 Å². The molecule has 0 rings (SSSR count). The van der Waals surface area contributed by atoms with Gasteiger partial charge in [-0.15, -0.1) is 0 Å². The first kappa shape index (κ1) is 22.2. The summed E-state index contributed by atoms with van der Waals surface area (Å²) in [5, 5.41) is 8.54. The predicted molar refractivity (Wildman–Crippen MR) is 72.4 cm³/mol. The maximum absolute atomic E-state index is 11.1. The topological polar surface area (TPSA) is 77.4 Å². The van der Waals surface area contributed by atoms with Gasteiger partial charge in [0.25, 0.3) is 0 Å². The van der Waals surface area contributed by atoms with Crippen LogP contribution in [0.1, 0.15) is 71.6 Å². The Balaban J connectivity index is 0. The van der Waals surface area contributed by atoms with Crippen molar-refractivity contribution in [2.45, 2.75) is 83.0 Å². The van der Waals surface area contributed by atoms with Gasteiger partial charge in [-0.2, -0.15) is 0 Å². The van der Waals surface area contributed by atoms with Crippen LogP contribution in [0.2, 0.25) is 0 Å². The van der Waals surface area contributed by atoms with E-state index in [2.05, 4.69) is 6.92 Å². The van der Waals surface area contributed by atoms with E-state index in [0.29, 0.717) is 12.8 Å². The molecular weight excluding hydrogens is 275 g/mol. The molecule has 0 aliphatic heterocycles. The quantitative estimate of drug-likeness (QED) is 0.326. The summed E-state index contributed by atoms with van der Waals surface area (Å²) in [6, 6.07) is 0. The molecule has 0 aliphatic rings. The van der Waals surface area contributed by atoms with Gasteiger partial charge in [-0.25, -0.2) is 8.42 Å². The molecule has 0 aromatic rings. The Morgan fingerprint density at radius 2 is 1.58 bits per heavy atom. The van der Waals surface area contributed by atoms with Crippen LogP contribution in [0.4, 0.5) is 0 Å². The van der Waals surface area contributed by atoms with Crippen molar-refractivity contribution in [2.75, 3.05) is 0 Å². The van der Waals surface area contributed by atoms with Crippen LogP contribution >= 0.6 is 0 Å². The molecule has 0 saturated heterocycles. The summed E-state index contributed by atoms with van der Waals surface area (Å²) < 4.78 is 33.2. The van der Waals surface area contributed by atoms with Crippen molar-refractivity contribution >= 4 is 10.1 Å². The Labute approximate surface area is 140 Å². The average Bonchev–Trinajstić information content (AvgIpc) is 2.30. The third-order valence-corrected chi connectivity index (χ3v) is 4.54. The van der Waals surface area contributed by atoms with Crippen LogP contribution < -0.4 is 29.6 Å². The van der Waals surface area contributed by atoms with Crippen LogP contribution in [0.15, 0.2) is 0 Å². The summed E-state index contributed by atoms with van der Waals surface area (Å²) >= 11 is 0. The van der Waals surface area contributed by atoms with Gasteiger partial charge in [0.2, 0.25) is 0 Å². The zero-order valence-corrected chi connectivity index (χ0v) is 15.4. The molecule has 0 bridgehead atoms. The van der Waals surface area contributed by atoms with Crippen molar-refractivity contribution in [3.63, 3.8) is 0 Å². The van der Waals surface area contributed by atoms with Gasteiger partial charge in [0.05, 0.1) is 21.5 Å². The summed E-state index contributed by atoms with van der Waals surface area (Å²) in [6.07, 6.45) is 6.64. The van der Waals surface area contributed by atoms with E-state index in [0.717, 1.165) is 19.3 Å². The Morgan fingerprint density at radius 1 is 1.05 bits per heavy atom. The molecule has 0 amide bonds. The van der Waals surface area contributed by atoms with Crippen LogP contribution in [-0.2, 0) is 10.1 Å². The van der Waals surface area contributed by atoms with E-state index < -0.39 is 21.5 Å². The van der Waals surface area contributed by atoms with E-state index in [1.54, 1.807) is 6.92 Å². The normalized spacial score (nSPS) is 14.7. The first-order chi connectivity index (χ1) is 8.41. The predicted octanol–water partition coefficient (Wildman–Crippen LogP) is -0.184. The third kappa shape index (κ3) is 12.3. The fraction of sp³-hybridized carbons (Fsp3) is 1.00. The summed E-state index contributed by atoms with van der Waals surface area (Å²) in [4.78, 5) is 0. The molecule has 0 heterocycles. The van der Waals surface area contributed by atoms with Crippen LogP contribution in [0.3, 0.4) is 0 Å². The van der Waals surface area contributed by atoms with Gasteiger partial charge < -0.3 is 9.66 Å². The maximum Gasteiger partial charge on any atom is 1.00 e. The van der Waals surface area contributed by atoms with Crippen LogP contribution in [0.5, 0.6) is 0 Å². The minimum atomic E-state index is -4.28. The van der Waals surface area contributed by atoms with Crippen molar-refractivity contribution < 1.29 is 47.6 Å². The number of aliphatic hydroxyl groups excluding tert-OH is 1. The largest absolute Gasteiger partial charge is 1.00 e. The van der Waals surface area contributed by atoms with Gasteiger partial charge in [-0.05, 0) is 19.3 Å². The molecule has 1 N–H and O–H groups in total. The molecule has 4 nitrogen and oxygen atoms in total. The first-order valence-corrected chi connectivity index (χ1v) is 8.51. The fourth-order valence-corrected chi connectivity index (χ4v) is 2.92. The minimum absolute atomic E-state index is 0. The van der Waals surface area contributed by atoms with Crippen LogP contribution in [0, 0.1) is 0 Å². The summed E-state index contributed by atoms with van der Waals surface area (Å²) in [7, 11) is -4.28. The molecule has 0 saturated carbocycles. The zero-order valence-electron chi connectivity index (χ0n) is 12.6. The second kappa shape index (κ2) is 12.6. The standard InChI is InChI=1S/C13H28O4S.Na/c1-3-5-6-7-8-9-10-13(18(15,16)17)11-12(14)4-2;/h12-14H,3-11H2,1-2H3,(H,15,16,17);/q;+1/p-1. The fourth-order valence-electron chi connectivity index (χ4n) is 2.00. The minimum Gasteiger partial charge on any atom is -0.748 e. The van der Waals surface area contributed by atoms with Crippen molar-refractivity contribution in [1.82, 2.24) is 0 Å². The molecule has 0 spiro atoms. The second-order valence-electron chi connectivity index (χ2n) is 4.97. The molecular formula is C13H27NaO4S.